The summed E-state index contributed by atoms with van der Waals surface area (Å²) in [6.07, 6.45) is 1.32. The summed E-state index contributed by atoms with van der Waals surface area (Å²) >= 11 is 0. The monoisotopic (exact) mass is 234 g/mol. The molecule has 1 saturated heterocycles. The quantitative estimate of drug-likeness (QED) is 0.846. The van der Waals surface area contributed by atoms with Gasteiger partial charge in [0.25, 0.3) is 0 Å². The van der Waals surface area contributed by atoms with Gasteiger partial charge in [0.2, 0.25) is 0 Å². The highest BCUT2D eigenvalue weighted by Gasteiger charge is 2.31. The van der Waals surface area contributed by atoms with Gasteiger partial charge >= 0.3 is 5.97 Å². The summed E-state index contributed by atoms with van der Waals surface area (Å²) in [7, 11) is 0. The first kappa shape index (κ1) is 11.4. The molecule has 0 bridgehead atoms. The Kier molecular flexibility index (Phi) is 2.96. The molecule has 0 amide bonds. The molecule has 0 aromatic heterocycles. The van der Waals surface area contributed by atoms with Gasteiger partial charge in [-0.3, -0.25) is 0 Å². The number of aliphatic carboxylic acids is 1. The number of nitriles is 1. The molecular formula is C12H11FN2O2. The first-order valence-electron chi connectivity index (χ1n) is 5.32. The van der Waals surface area contributed by atoms with Crippen molar-refractivity contribution in [2.75, 3.05) is 11.4 Å². The van der Waals surface area contributed by atoms with Crippen molar-refractivity contribution < 1.29 is 14.3 Å². The highest BCUT2D eigenvalue weighted by Crippen LogP contribution is 2.29. The van der Waals surface area contributed by atoms with Gasteiger partial charge in [-0.05, 0) is 31.0 Å². The molecule has 1 aromatic rings. The zero-order chi connectivity index (χ0) is 12.4. The summed E-state index contributed by atoms with van der Waals surface area (Å²) < 4.78 is 13.0. The average Bonchev–Trinajstić information content (AvgIpc) is 2.77. The minimum absolute atomic E-state index is 0.179. The molecule has 0 spiro atoms. The van der Waals surface area contributed by atoms with Crippen molar-refractivity contribution in [3.8, 4) is 6.07 Å². The van der Waals surface area contributed by atoms with Gasteiger partial charge in [-0.1, -0.05) is 0 Å². The van der Waals surface area contributed by atoms with E-state index in [4.69, 9.17) is 10.4 Å². The van der Waals surface area contributed by atoms with Crippen LogP contribution in [-0.4, -0.2) is 23.7 Å². The SMILES string of the molecule is N#Cc1cc(F)ccc1N1CCC[C@H]1C(=O)O. The largest absolute Gasteiger partial charge is 0.480 e. The van der Waals surface area contributed by atoms with Crippen LogP contribution in [0.3, 0.4) is 0 Å². The highest BCUT2D eigenvalue weighted by atomic mass is 19.1. The number of carboxylic acids is 1. The van der Waals surface area contributed by atoms with Crippen LogP contribution in [0.25, 0.3) is 0 Å². The molecule has 1 N–H and O–H groups in total. The predicted molar refractivity (Wildman–Crippen MR) is 59.1 cm³/mol. The fourth-order valence-corrected chi connectivity index (χ4v) is 2.16. The lowest BCUT2D eigenvalue weighted by Gasteiger charge is -2.24. The Morgan fingerprint density at radius 1 is 1.59 bits per heavy atom. The van der Waals surface area contributed by atoms with E-state index in [1.54, 1.807) is 4.90 Å². The van der Waals surface area contributed by atoms with Crippen LogP contribution in [0.5, 0.6) is 0 Å². The number of hydrogen-bond donors (Lipinski definition) is 1. The smallest absolute Gasteiger partial charge is 0.326 e. The second kappa shape index (κ2) is 4.42. The molecule has 4 nitrogen and oxygen atoms in total. The molecule has 17 heavy (non-hydrogen) atoms. The molecule has 1 aliphatic heterocycles. The van der Waals surface area contributed by atoms with E-state index in [9.17, 15) is 9.18 Å². The minimum atomic E-state index is -0.907. The Bertz CT molecular complexity index is 496. The lowest BCUT2D eigenvalue weighted by Crippen LogP contribution is -2.36. The van der Waals surface area contributed by atoms with E-state index in [1.807, 2.05) is 6.07 Å². The van der Waals surface area contributed by atoms with Gasteiger partial charge in [-0.25, -0.2) is 9.18 Å². The number of carbonyl (C=O) groups is 1. The Hall–Kier alpha value is -2.09. The molecule has 1 heterocycles. The third-order valence-electron chi connectivity index (χ3n) is 2.93. The van der Waals surface area contributed by atoms with E-state index >= 15 is 0 Å². The fraction of sp³-hybridized carbons (Fsp3) is 0.333. The number of anilines is 1. The van der Waals surface area contributed by atoms with Crippen LogP contribution in [0.1, 0.15) is 18.4 Å². The van der Waals surface area contributed by atoms with Gasteiger partial charge in [-0.2, -0.15) is 5.26 Å². The first-order chi connectivity index (χ1) is 8.13. The van der Waals surface area contributed by atoms with E-state index in [0.717, 1.165) is 12.5 Å². The van der Waals surface area contributed by atoms with Crippen molar-refractivity contribution in [3.63, 3.8) is 0 Å². The fourth-order valence-electron chi connectivity index (χ4n) is 2.16. The molecule has 1 aromatic carbocycles. The molecule has 1 aliphatic rings. The number of carboxylic acid groups (broad SMARTS) is 1. The first-order valence-corrected chi connectivity index (χ1v) is 5.32. The average molecular weight is 234 g/mol. The summed E-state index contributed by atoms with van der Waals surface area (Å²) in [6, 6.07) is 5.12. The topological polar surface area (TPSA) is 64.3 Å². The van der Waals surface area contributed by atoms with Crippen LogP contribution in [0.15, 0.2) is 18.2 Å². The van der Waals surface area contributed by atoms with Crippen molar-refractivity contribution >= 4 is 11.7 Å². The standard InChI is InChI=1S/C12H11FN2O2/c13-9-3-4-10(8(6-9)7-14)15-5-1-2-11(15)12(16)17/h3-4,6,11H,1-2,5H2,(H,16,17)/t11-/m0/s1. The molecule has 1 atom stereocenters. The summed E-state index contributed by atoms with van der Waals surface area (Å²) in [4.78, 5) is 12.7. The number of rotatable bonds is 2. The zero-order valence-corrected chi connectivity index (χ0v) is 9.06. The second-order valence-electron chi connectivity index (χ2n) is 3.96. The maximum absolute atomic E-state index is 13.0. The van der Waals surface area contributed by atoms with Gasteiger partial charge in [0.15, 0.2) is 0 Å². The lowest BCUT2D eigenvalue weighted by atomic mass is 10.1. The van der Waals surface area contributed by atoms with Gasteiger partial charge in [-0.15, -0.1) is 0 Å². The van der Waals surface area contributed by atoms with Crippen molar-refractivity contribution in [1.82, 2.24) is 0 Å². The molecular weight excluding hydrogens is 223 g/mol. The molecule has 5 heteroatoms. The number of halogens is 1. The van der Waals surface area contributed by atoms with E-state index in [-0.39, 0.29) is 5.56 Å². The van der Waals surface area contributed by atoms with E-state index in [2.05, 4.69) is 0 Å². The molecule has 0 saturated carbocycles. The third kappa shape index (κ3) is 2.07. The molecule has 0 aliphatic carbocycles. The van der Waals surface area contributed by atoms with Crippen molar-refractivity contribution in [1.29, 1.82) is 5.26 Å². The maximum Gasteiger partial charge on any atom is 0.326 e. The van der Waals surface area contributed by atoms with Gasteiger partial charge in [0.05, 0.1) is 11.3 Å². The Morgan fingerprint density at radius 2 is 2.35 bits per heavy atom. The van der Waals surface area contributed by atoms with Crippen molar-refractivity contribution in [2.45, 2.75) is 18.9 Å². The van der Waals surface area contributed by atoms with Crippen LogP contribution < -0.4 is 4.90 Å². The predicted octanol–water partition coefficient (Wildman–Crippen LogP) is 1.75. The number of benzene rings is 1. The van der Waals surface area contributed by atoms with Gasteiger partial charge in [0, 0.05) is 6.54 Å². The maximum atomic E-state index is 13.0. The Labute approximate surface area is 97.9 Å². The number of hydrogen-bond acceptors (Lipinski definition) is 3. The highest BCUT2D eigenvalue weighted by molar-refractivity contribution is 5.80. The molecule has 2 rings (SSSR count). The van der Waals surface area contributed by atoms with E-state index < -0.39 is 17.8 Å². The normalized spacial score (nSPS) is 19.1. The lowest BCUT2D eigenvalue weighted by molar-refractivity contribution is -0.138. The number of nitrogens with zero attached hydrogens (tertiary/aromatic N) is 2. The van der Waals surface area contributed by atoms with E-state index in [0.29, 0.717) is 18.7 Å². The molecule has 0 unspecified atom stereocenters. The van der Waals surface area contributed by atoms with Crippen LogP contribution in [0, 0.1) is 17.1 Å². The van der Waals surface area contributed by atoms with E-state index in [1.165, 1.54) is 12.1 Å². The van der Waals surface area contributed by atoms with Crippen LogP contribution in [0.4, 0.5) is 10.1 Å². The Balaban J connectivity index is 2.40. The van der Waals surface area contributed by atoms with Crippen molar-refractivity contribution in [3.05, 3.63) is 29.6 Å². The summed E-state index contributed by atoms with van der Waals surface area (Å²) in [5.41, 5.74) is 0.678. The van der Waals surface area contributed by atoms with Crippen LogP contribution in [0.2, 0.25) is 0 Å². The summed E-state index contributed by atoms with van der Waals surface area (Å²) in [6.45, 7) is 0.581. The molecule has 1 fully saturated rings. The zero-order valence-electron chi connectivity index (χ0n) is 9.06. The molecule has 0 radical (unpaired) electrons. The Morgan fingerprint density at radius 3 is 3.00 bits per heavy atom. The second-order valence-corrected chi connectivity index (χ2v) is 3.96. The van der Waals surface area contributed by atoms with Gasteiger partial charge < -0.3 is 10.0 Å². The third-order valence-corrected chi connectivity index (χ3v) is 2.93. The van der Waals surface area contributed by atoms with Gasteiger partial charge in [0.1, 0.15) is 17.9 Å². The van der Waals surface area contributed by atoms with Crippen molar-refractivity contribution in [2.24, 2.45) is 0 Å². The molecule has 88 valence electrons. The summed E-state index contributed by atoms with van der Waals surface area (Å²) in [5, 5.41) is 18.0. The minimum Gasteiger partial charge on any atom is -0.480 e. The van der Waals surface area contributed by atoms with Crippen LogP contribution in [-0.2, 0) is 4.79 Å². The summed E-state index contributed by atoms with van der Waals surface area (Å²) in [5.74, 6) is -1.40. The van der Waals surface area contributed by atoms with Crippen LogP contribution >= 0.6 is 0 Å².